The molecule has 0 radical (unpaired) electrons. The smallest absolute Gasteiger partial charge is 0.255 e. The Morgan fingerprint density at radius 3 is 3.12 bits per heavy atom. The van der Waals surface area contributed by atoms with Crippen molar-refractivity contribution in [2.24, 2.45) is 0 Å². The molecular weight excluding hydrogens is 348 g/mol. The fourth-order valence-corrected chi connectivity index (χ4v) is 3.88. The molecule has 1 fully saturated rings. The largest absolute Gasteiger partial charge is 0.491 e. The predicted molar refractivity (Wildman–Crippen MR) is 103 cm³/mol. The van der Waals surface area contributed by atoms with Crippen LogP contribution in [-0.2, 0) is 4.74 Å². The number of anilines is 1. The summed E-state index contributed by atoms with van der Waals surface area (Å²) >= 11 is 1.62. The van der Waals surface area contributed by atoms with Crippen molar-refractivity contribution in [2.75, 3.05) is 18.5 Å². The summed E-state index contributed by atoms with van der Waals surface area (Å²) in [5.74, 6) is 0.523. The van der Waals surface area contributed by atoms with E-state index < -0.39 is 0 Å². The standard InChI is InChI=1S/C20H20N2O3S/c1-13-21-18-8-7-15(11-19(18)26-13)22-20(23)14-4-2-5-16(10-14)25-12-17-6-3-9-24-17/h2,4-5,7-8,10-11,17H,3,6,9,12H2,1H3,(H,22,23). The molecule has 1 aliphatic heterocycles. The predicted octanol–water partition coefficient (Wildman–Crippen LogP) is 4.41. The van der Waals surface area contributed by atoms with Crippen molar-refractivity contribution >= 4 is 33.1 Å². The number of aromatic nitrogens is 1. The molecule has 26 heavy (non-hydrogen) atoms. The van der Waals surface area contributed by atoms with Crippen molar-refractivity contribution in [1.29, 1.82) is 0 Å². The van der Waals surface area contributed by atoms with Gasteiger partial charge in [0.25, 0.3) is 5.91 Å². The monoisotopic (exact) mass is 368 g/mol. The van der Waals surface area contributed by atoms with Gasteiger partial charge in [-0.3, -0.25) is 4.79 Å². The first-order valence-electron chi connectivity index (χ1n) is 8.70. The van der Waals surface area contributed by atoms with Crippen molar-refractivity contribution in [3.8, 4) is 5.75 Å². The van der Waals surface area contributed by atoms with E-state index in [9.17, 15) is 4.79 Å². The minimum absolute atomic E-state index is 0.155. The van der Waals surface area contributed by atoms with Gasteiger partial charge in [0.15, 0.2) is 0 Å². The third-order valence-corrected chi connectivity index (χ3v) is 5.24. The number of rotatable bonds is 5. The van der Waals surface area contributed by atoms with Gasteiger partial charge in [-0.15, -0.1) is 11.3 Å². The number of amides is 1. The molecule has 6 heteroatoms. The number of nitrogens with one attached hydrogen (secondary N) is 1. The number of hydrogen-bond donors (Lipinski definition) is 1. The molecule has 2 heterocycles. The molecule has 1 saturated heterocycles. The van der Waals surface area contributed by atoms with Crippen LogP contribution in [0.3, 0.4) is 0 Å². The maximum Gasteiger partial charge on any atom is 0.255 e. The van der Waals surface area contributed by atoms with Gasteiger partial charge in [-0.1, -0.05) is 6.07 Å². The minimum Gasteiger partial charge on any atom is -0.491 e. The van der Waals surface area contributed by atoms with E-state index in [1.165, 1.54) is 0 Å². The van der Waals surface area contributed by atoms with Crippen LogP contribution in [-0.4, -0.2) is 30.2 Å². The van der Waals surface area contributed by atoms with Crippen LogP contribution in [0.1, 0.15) is 28.2 Å². The second kappa shape index (κ2) is 7.43. The van der Waals surface area contributed by atoms with E-state index in [1.807, 2.05) is 37.3 Å². The zero-order chi connectivity index (χ0) is 17.9. The first kappa shape index (κ1) is 17.0. The van der Waals surface area contributed by atoms with E-state index in [0.29, 0.717) is 17.9 Å². The molecular formula is C20H20N2O3S. The summed E-state index contributed by atoms with van der Waals surface area (Å²) in [6.07, 6.45) is 2.27. The highest BCUT2D eigenvalue weighted by Gasteiger charge is 2.16. The molecule has 0 saturated carbocycles. The highest BCUT2D eigenvalue weighted by molar-refractivity contribution is 7.18. The van der Waals surface area contributed by atoms with Gasteiger partial charge in [-0.05, 0) is 56.2 Å². The SMILES string of the molecule is Cc1nc2ccc(NC(=O)c3cccc(OCC4CCCO4)c3)cc2s1. The second-order valence-corrected chi connectivity index (χ2v) is 7.58. The molecule has 134 valence electrons. The van der Waals surface area contributed by atoms with Crippen LogP contribution in [0.5, 0.6) is 5.75 Å². The summed E-state index contributed by atoms with van der Waals surface area (Å²) in [5.41, 5.74) is 2.28. The Labute approximate surface area is 156 Å². The molecule has 1 atom stereocenters. The van der Waals surface area contributed by atoms with Gasteiger partial charge >= 0.3 is 0 Å². The molecule has 1 N–H and O–H groups in total. The molecule has 1 aromatic heterocycles. The van der Waals surface area contributed by atoms with E-state index in [1.54, 1.807) is 23.5 Å². The Bertz CT molecular complexity index is 932. The number of carbonyl (C=O) groups is 1. The van der Waals surface area contributed by atoms with Crippen LogP contribution in [0.2, 0.25) is 0 Å². The summed E-state index contributed by atoms with van der Waals surface area (Å²) in [4.78, 5) is 17.0. The maximum atomic E-state index is 12.6. The number of nitrogens with zero attached hydrogens (tertiary/aromatic N) is 1. The molecule has 2 aromatic carbocycles. The van der Waals surface area contributed by atoms with Gasteiger partial charge in [0.2, 0.25) is 0 Å². The second-order valence-electron chi connectivity index (χ2n) is 6.34. The average Bonchev–Trinajstić information content (AvgIpc) is 3.28. The fourth-order valence-electron chi connectivity index (χ4n) is 3.01. The fraction of sp³-hybridized carbons (Fsp3) is 0.300. The molecule has 0 bridgehead atoms. The van der Waals surface area contributed by atoms with Gasteiger partial charge in [0.1, 0.15) is 12.4 Å². The Kier molecular flexibility index (Phi) is 4.86. The quantitative estimate of drug-likeness (QED) is 0.724. The van der Waals surface area contributed by atoms with Crippen LogP contribution in [0.15, 0.2) is 42.5 Å². The van der Waals surface area contributed by atoms with Crippen LogP contribution >= 0.6 is 11.3 Å². The lowest BCUT2D eigenvalue weighted by atomic mass is 10.2. The lowest BCUT2D eigenvalue weighted by Gasteiger charge is -2.12. The summed E-state index contributed by atoms with van der Waals surface area (Å²) in [6.45, 7) is 3.30. The van der Waals surface area contributed by atoms with Gasteiger partial charge in [-0.25, -0.2) is 4.98 Å². The van der Waals surface area contributed by atoms with Crippen molar-refractivity contribution in [3.05, 3.63) is 53.0 Å². The average molecular weight is 368 g/mol. The van der Waals surface area contributed by atoms with E-state index in [4.69, 9.17) is 9.47 Å². The number of aryl methyl sites for hydroxylation is 1. The number of fused-ring (bicyclic) bond motifs is 1. The molecule has 1 aliphatic rings. The molecule has 1 amide bonds. The van der Waals surface area contributed by atoms with Crippen molar-refractivity contribution < 1.29 is 14.3 Å². The van der Waals surface area contributed by atoms with E-state index in [2.05, 4.69) is 10.3 Å². The van der Waals surface area contributed by atoms with Gasteiger partial charge < -0.3 is 14.8 Å². The lowest BCUT2D eigenvalue weighted by molar-refractivity contribution is 0.0679. The molecule has 1 unspecified atom stereocenters. The molecule has 0 spiro atoms. The van der Waals surface area contributed by atoms with E-state index in [0.717, 1.165) is 40.4 Å². The van der Waals surface area contributed by atoms with E-state index in [-0.39, 0.29) is 12.0 Å². The number of benzene rings is 2. The first-order valence-corrected chi connectivity index (χ1v) is 9.52. The number of carbonyl (C=O) groups excluding carboxylic acids is 1. The Morgan fingerprint density at radius 1 is 1.35 bits per heavy atom. The highest BCUT2D eigenvalue weighted by atomic mass is 32.1. The molecule has 5 nitrogen and oxygen atoms in total. The highest BCUT2D eigenvalue weighted by Crippen LogP contribution is 2.25. The van der Waals surface area contributed by atoms with Crippen LogP contribution in [0.25, 0.3) is 10.2 Å². The van der Waals surface area contributed by atoms with Gasteiger partial charge in [0, 0.05) is 17.9 Å². The molecule has 0 aliphatic carbocycles. The number of ether oxygens (including phenoxy) is 2. The van der Waals surface area contributed by atoms with Crippen LogP contribution in [0, 0.1) is 6.92 Å². The van der Waals surface area contributed by atoms with Crippen molar-refractivity contribution in [2.45, 2.75) is 25.9 Å². The minimum atomic E-state index is -0.159. The lowest BCUT2D eigenvalue weighted by Crippen LogP contribution is -2.17. The van der Waals surface area contributed by atoms with Crippen LogP contribution in [0.4, 0.5) is 5.69 Å². The van der Waals surface area contributed by atoms with Gasteiger partial charge in [0.05, 0.1) is 21.3 Å². The summed E-state index contributed by atoms with van der Waals surface area (Å²) < 4.78 is 12.4. The summed E-state index contributed by atoms with van der Waals surface area (Å²) in [7, 11) is 0. The topological polar surface area (TPSA) is 60.5 Å². The van der Waals surface area contributed by atoms with Gasteiger partial charge in [-0.2, -0.15) is 0 Å². The number of hydrogen-bond acceptors (Lipinski definition) is 5. The summed E-state index contributed by atoms with van der Waals surface area (Å²) in [6, 6.07) is 13.0. The normalized spacial score (nSPS) is 16.7. The zero-order valence-corrected chi connectivity index (χ0v) is 15.3. The molecule has 3 aromatic rings. The molecule has 4 rings (SSSR count). The first-order chi connectivity index (χ1) is 12.7. The Morgan fingerprint density at radius 2 is 2.27 bits per heavy atom. The number of thiazole rings is 1. The van der Waals surface area contributed by atoms with Crippen LogP contribution < -0.4 is 10.1 Å². The Hall–Kier alpha value is -2.44. The zero-order valence-electron chi connectivity index (χ0n) is 14.5. The van der Waals surface area contributed by atoms with Crippen molar-refractivity contribution in [3.63, 3.8) is 0 Å². The third-order valence-electron chi connectivity index (χ3n) is 4.31. The third kappa shape index (κ3) is 3.86. The summed E-state index contributed by atoms with van der Waals surface area (Å²) in [5, 5.41) is 3.96. The van der Waals surface area contributed by atoms with E-state index >= 15 is 0 Å². The Balaban J connectivity index is 1.43. The maximum absolute atomic E-state index is 12.6. The van der Waals surface area contributed by atoms with Crippen molar-refractivity contribution in [1.82, 2.24) is 4.98 Å².